The lowest BCUT2D eigenvalue weighted by atomic mass is 10.0. The van der Waals surface area contributed by atoms with Gasteiger partial charge in [-0.2, -0.15) is 0 Å². The Morgan fingerprint density at radius 1 is 0.966 bits per heavy atom. The highest BCUT2D eigenvalue weighted by Gasteiger charge is 2.20. The second-order valence-corrected chi connectivity index (χ2v) is 6.81. The van der Waals surface area contributed by atoms with E-state index in [9.17, 15) is 9.59 Å². The van der Waals surface area contributed by atoms with E-state index in [1.807, 2.05) is 30.3 Å². The summed E-state index contributed by atoms with van der Waals surface area (Å²) >= 11 is 6.14. The van der Waals surface area contributed by atoms with Gasteiger partial charge in [0.2, 0.25) is 5.91 Å². The van der Waals surface area contributed by atoms with Crippen LogP contribution in [0.15, 0.2) is 78.9 Å². The summed E-state index contributed by atoms with van der Waals surface area (Å²) in [6.45, 7) is 0. The van der Waals surface area contributed by atoms with E-state index >= 15 is 0 Å². The van der Waals surface area contributed by atoms with Crippen LogP contribution in [0.1, 0.15) is 28.4 Å². The molecule has 1 atom stereocenters. The van der Waals surface area contributed by atoms with Gasteiger partial charge in [0.25, 0.3) is 5.91 Å². The van der Waals surface area contributed by atoms with Crippen LogP contribution in [0.2, 0.25) is 5.02 Å². The van der Waals surface area contributed by atoms with Crippen molar-refractivity contribution in [3.05, 3.63) is 95.0 Å². The van der Waals surface area contributed by atoms with Crippen LogP contribution >= 0.6 is 11.6 Å². The minimum absolute atomic E-state index is 0.0669. The largest absolute Gasteiger partial charge is 0.497 e. The highest BCUT2D eigenvalue weighted by Crippen LogP contribution is 2.22. The molecule has 0 fully saturated rings. The summed E-state index contributed by atoms with van der Waals surface area (Å²) in [5.74, 6) is 0.0830. The number of methoxy groups -OCH3 is 1. The molecule has 0 saturated carbocycles. The molecule has 0 unspecified atom stereocenters. The third kappa shape index (κ3) is 5.59. The lowest BCUT2D eigenvalue weighted by molar-refractivity contribution is -0.116. The SMILES string of the molecule is COc1cccc(NC(=O)C[C@@H](NC(=O)c2ccccc2Cl)c2ccccc2)c1. The van der Waals surface area contributed by atoms with Gasteiger partial charge in [-0.1, -0.05) is 60.1 Å². The van der Waals surface area contributed by atoms with Crippen LogP contribution in [0.25, 0.3) is 0 Å². The molecule has 29 heavy (non-hydrogen) atoms. The van der Waals surface area contributed by atoms with E-state index in [0.717, 1.165) is 5.56 Å². The molecule has 2 amide bonds. The zero-order valence-corrected chi connectivity index (χ0v) is 16.6. The Hall–Kier alpha value is -3.31. The highest BCUT2D eigenvalue weighted by atomic mass is 35.5. The lowest BCUT2D eigenvalue weighted by Gasteiger charge is -2.19. The number of rotatable bonds is 7. The molecule has 0 aliphatic heterocycles. The molecule has 0 spiro atoms. The molecule has 2 N–H and O–H groups in total. The number of hydrogen-bond acceptors (Lipinski definition) is 3. The van der Waals surface area contributed by atoms with Crippen molar-refractivity contribution in [1.82, 2.24) is 5.32 Å². The number of halogens is 1. The summed E-state index contributed by atoms with van der Waals surface area (Å²) in [6, 6.07) is 22.8. The molecular weight excluding hydrogens is 388 g/mol. The maximum atomic E-state index is 12.7. The van der Waals surface area contributed by atoms with Crippen LogP contribution < -0.4 is 15.4 Å². The quantitative estimate of drug-likeness (QED) is 0.587. The molecule has 0 aliphatic carbocycles. The minimum Gasteiger partial charge on any atom is -0.497 e. The molecule has 3 aromatic rings. The monoisotopic (exact) mass is 408 g/mol. The average molecular weight is 409 g/mol. The predicted molar refractivity (Wildman–Crippen MR) is 114 cm³/mol. The van der Waals surface area contributed by atoms with E-state index < -0.39 is 6.04 Å². The molecule has 148 valence electrons. The van der Waals surface area contributed by atoms with E-state index in [-0.39, 0.29) is 18.2 Å². The number of carbonyl (C=O) groups is 2. The van der Waals surface area contributed by atoms with Gasteiger partial charge in [0.05, 0.1) is 30.2 Å². The summed E-state index contributed by atoms with van der Waals surface area (Å²) in [5, 5.41) is 6.12. The third-order valence-electron chi connectivity index (χ3n) is 4.37. The van der Waals surface area contributed by atoms with E-state index in [2.05, 4.69) is 10.6 Å². The fourth-order valence-corrected chi connectivity index (χ4v) is 3.14. The molecule has 0 radical (unpaired) electrons. The standard InChI is InChI=1S/C23H21ClN2O3/c1-29-18-11-7-10-17(14-18)25-22(27)15-21(16-8-3-2-4-9-16)26-23(28)19-12-5-6-13-20(19)24/h2-14,21H,15H2,1H3,(H,25,27)(H,26,28)/t21-/m1/s1. The molecule has 0 aliphatic rings. The van der Waals surface area contributed by atoms with Crippen LogP contribution in [0, 0.1) is 0 Å². The van der Waals surface area contributed by atoms with Gasteiger partial charge < -0.3 is 15.4 Å². The number of ether oxygens (including phenoxy) is 1. The Balaban J connectivity index is 1.76. The van der Waals surface area contributed by atoms with Gasteiger partial charge in [0.15, 0.2) is 0 Å². The van der Waals surface area contributed by atoms with Gasteiger partial charge in [-0.05, 0) is 29.8 Å². The summed E-state index contributed by atoms with van der Waals surface area (Å²) in [7, 11) is 1.57. The molecule has 6 heteroatoms. The van der Waals surface area contributed by atoms with Gasteiger partial charge >= 0.3 is 0 Å². The zero-order chi connectivity index (χ0) is 20.6. The molecule has 0 saturated heterocycles. The number of benzene rings is 3. The summed E-state index contributed by atoms with van der Waals surface area (Å²) < 4.78 is 5.18. The highest BCUT2D eigenvalue weighted by molar-refractivity contribution is 6.33. The van der Waals surface area contributed by atoms with Crippen LogP contribution in [0.3, 0.4) is 0 Å². The van der Waals surface area contributed by atoms with Gasteiger partial charge in [-0.15, -0.1) is 0 Å². The van der Waals surface area contributed by atoms with Gasteiger partial charge in [-0.3, -0.25) is 9.59 Å². The number of carbonyl (C=O) groups excluding carboxylic acids is 2. The second kappa shape index (κ2) is 9.75. The smallest absolute Gasteiger partial charge is 0.253 e. The summed E-state index contributed by atoms with van der Waals surface area (Å²) in [6.07, 6.45) is 0.0669. The molecular formula is C23H21ClN2O3. The molecule has 0 heterocycles. The fourth-order valence-electron chi connectivity index (χ4n) is 2.92. The molecule has 0 bridgehead atoms. The Bertz CT molecular complexity index is 992. The predicted octanol–water partition coefficient (Wildman–Crippen LogP) is 4.85. The molecule has 0 aromatic heterocycles. The Morgan fingerprint density at radius 2 is 1.69 bits per heavy atom. The number of amides is 2. The van der Waals surface area contributed by atoms with E-state index in [1.54, 1.807) is 55.6 Å². The van der Waals surface area contributed by atoms with Crippen molar-refractivity contribution in [1.29, 1.82) is 0 Å². The maximum Gasteiger partial charge on any atom is 0.253 e. The Morgan fingerprint density at radius 3 is 2.41 bits per heavy atom. The molecule has 5 nitrogen and oxygen atoms in total. The van der Waals surface area contributed by atoms with Crippen LogP contribution in [-0.4, -0.2) is 18.9 Å². The first-order valence-corrected chi connectivity index (χ1v) is 9.49. The maximum absolute atomic E-state index is 12.7. The first-order chi connectivity index (χ1) is 14.1. The first kappa shape index (κ1) is 20.4. The van der Waals surface area contributed by atoms with Crippen molar-refractivity contribution < 1.29 is 14.3 Å². The van der Waals surface area contributed by atoms with Crippen LogP contribution in [-0.2, 0) is 4.79 Å². The zero-order valence-electron chi connectivity index (χ0n) is 15.9. The minimum atomic E-state index is -0.509. The lowest BCUT2D eigenvalue weighted by Crippen LogP contribution is -2.31. The average Bonchev–Trinajstić information content (AvgIpc) is 2.74. The molecule has 3 aromatic carbocycles. The Labute approximate surface area is 174 Å². The third-order valence-corrected chi connectivity index (χ3v) is 4.70. The van der Waals surface area contributed by atoms with Crippen molar-refractivity contribution in [3.63, 3.8) is 0 Å². The van der Waals surface area contributed by atoms with Gasteiger partial charge in [-0.25, -0.2) is 0 Å². The number of anilines is 1. The van der Waals surface area contributed by atoms with E-state index in [0.29, 0.717) is 22.0 Å². The van der Waals surface area contributed by atoms with Crippen molar-refractivity contribution in [2.24, 2.45) is 0 Å². The second-order valence-electron chi connectivity index (χ2n) is 6.40. The van der Waals surface area contributed by atoms with Crippen molar-refractivity contribution >= 4 is 29.1 Å². The number of hydrogen-bond donors (Lipinski definition) is 2. The fraction of sp³-hybridized carbons (Fsp3) is 0.130. The topological polar surface area (TPSA) is 67.4 Å². The van der Waals surface area contributed by atoms with Gasteiger partial charge in [0, 0.05) is 11.8 Å². The summed E-state index contributed by atoms with van der Waals surface area (Å²) in [4.78, 5) is 25.4. The van der Waals surface area contributed by atoms with Gasteiger partial charge in [0.1, 0.15) is 5.75 Å². The van der Waals surface area contributed by atoms with Crippen molar-refractivity contribution in [2.45, 2.75) is 12.5 Å². The summed E-state index contributed by atoms with van der Waals surface area (Å²) in [5.41, 5.74) is 1.82. The van der Waals surface area contributed by atoms with Crippen molar-refractivity contribution in [3.8, 4) is 5.75 Å². The van der Waals surface area contributed by atoms with Crippen LogP contribution in [0.5, 0.6) is 5.75 Å². The Kier molecular flexibility index (Phi) is 6.87. The van der Waals surface area contributed by atoms with Crippen LogP contribution in [0.4, 0.5) is 5.69 Å². The van der Waals surface area contributed by atoms with Crippen molar-refractivity contribution in [2.75, 3.05) is 12.4 Å². The first-order valence-electron chi connectivity index (χ1n) is 9.11. The normalized spacial score (nSPS) is 11.4. The molecule has 3 rings (SSSR count). The number of nitrogens with one attached hydrogen (secondary N) is 2. The van der Waals surface area contributed by atoms with E-state index in [4.69, 9.17) is 16.3 Å². The van der Waals surface area contributed by atoms with E-state index in [1.165, 1.54) is 0 Å².